The van der Waals surface area contributed by atoms with Crippen molar-refractivity contribution in [3.05, 3.63) is 10.6 Å². The first kappa shape index (κ1) is 12.9. The number of piperidine rings is 1. The third-order valence-electron chi connectivity index (χ3n) is 4.03. The molecule has 1 aromatic rings. The molecule has 19 heavy (non-hydrogen) atoms. The monoisotopic (exact) mass is 280 g/mol. The van der Waals surface area contributed by atoms with Crippen molar-refractivity contribution in [3.63, 3.8) is 0 Å². The number of hydrogen-bond donors (Lipinski definition) is 1. The van der Waals surface area contributed by atoms with Gasteiger partial charge in [-0.1, -0.05) is 6.92 Å². The molecule has 3 rings (SSSR count). The van der Waals surface area contributed by atoms with Crippen LogP contribution >= 0.6 is 11.3 Å². The number of nitrogens with two attached hydrogens (primary N) is 1. The Morgan fingerprint density at radius 3 is 2.84 bits per heavy atom. The zero-order valence-corrected chi connectivity index (χ0v) is 12.1. The van der Waals surface area contributed by atoms with Gasteiger partial charge in [-0.05, 0) is 18.8 Å². The third kappa shape index (κ3) is 2.74. The molecule has 0 aliphatic carbocycles. The minimum Gasteiger partial charge on any atom is -0.375 e. The topological polar surface area (TPSA) is 62.5 Å². The first-order valence-corrected chi connectivity index (χ1v) is 7.67. The van der Waals surface area contributed by atoms with Crippen molar-refractivity contribution in [2.45, 2.75) is 32.9 Å². The van der Waals surface area contributed by atoms with E-state index in [-0.39, 0.29) is 5.91 Å². The Labute approximate surface area is 117 Å². The van der Waals surface area contributed by atoms with Crippen LogP contribution in [0.5, 0.6) is 0 Å². The SMILES string of the molecule is CC1CCN(C(=O)CN2Cc3nc(N)sc3C2)CC1. The van der Waals surface area contributed by atoms with Crippen molar-refractivity contribution < 1.29 is 4.79 Å². The largest absolute Gasteiger partial charge is 0.375 e. The maximum atomic E-state index is 12.2. The molecule has 0 radical (unpaired) electrons. The summed E-state index contributed by atoms with van der Waals surface area (Å²) in [6, 6.07) is 0. The fourth-order valence-electron chi connectivity index (χ4n) is 2.78. The van der Waals surface area contributed by atoms with Crippen molar-refractivity contribution in [2.75, 3.05) is 25.4 Å². The van der Waals surface area contributed by atoms with Crippen LogP contribution in [0, 0.1) is 5.92 Å². The van der Waals surface area contributed by atoms with Gasteiger partial charge in [0.2, 0.25) is 5.91 Å². The number of nitrogen functional groups attached to an aromatic ring is 1. The predicted octanol–water partition coefficient (Wildman–Crippen LogP) is 1.30. The molecule has 0 spiro atoms. The van der Waals surface area contributed by atoms with E-state index >= 15 is 0 Å². The van der Waals surface area contributed by atoms with Crippen LogP contribution in [0.15, 0.2) is 0 Å². The molecule has 0 saturated carbocycles. The molecule has 0 aromatic carbocycles. The van der Waals surface area contributed by atoms with Crippen LogP contribution in [0.4, 0.5) is 5.13 Å². The van der Waals surface area contributed by atoms with E-state index in [2.05, 4.69) is 16.8 Å². The van der Waals surface area contributed by atoms with Crippen LogP contribution in [-0.2, 0) is 17.9 Å². The molecular weight excluding hydrogens is 260 g/mol. The van der Waals surface area contributed by atoms with Crippen LogP contribution < -0.4 is 5.73 Å². The van der Waals surface area contributed by atoms with Crippen molar-refractivity contribution in [3.8, 4) is 0 Å². The number of carbonyl (C=O) groups excluding carboxylic acids is 1. The summed E-state index contributed by atoms with van der Waals surface area (Å²) < 4.78 is 0. The molecule has 2 N–H and O–H groups in total. The number of aromatic nitrogens is 1. The molecule has 1 saturated heterocycles. The second-order valence-electron chi connectivity index (χ2n) is 5.63. The summed E-state index contributed by atoms with van der Waals surface area (Å²) in [5.41, 5.74) is 6.74. The van der Waals surface area contributed by atoms with Gasteiger partial charge in [0.25, 0.3) is 0 Å². The summed E-state index contributed by atoms with van der Waals surface area (Å²) in [6.07, 6.45) is 2.27. The lowest BCUT2D eigenvalue weighted by Gasteiger charge is -2.31. The van der Waals surface area contributed by atoms with E-state index in [1.165, 1.54) is 4.88 Å². The number of amides is 1. The van der Waals surface area contributed by atoms with Crippen molar-refractivity contribution in [1.82, 2.24) is 14.8 Å². The summed E-state index contributed by atoms with van der Waals surface area (Å²) in [5, 5.41) is 0.640. The van der Waals surface area contributed by atoms with Crippen molar-refractivity contribution in [2.24, 2.45) is 5.92 Å². The lowest BCUT2D eigenvalue weighted by Crippen LogP contribution is -2.42. The molecule has 0 bridgehead atoms. The van der Waals surface area contributed by atoms with Gasteiger partial charge in [0.1, 0.15) is 0 Å². The number of rotatable bonds is 2. The Morgan fingerprint density at radius 1 is 1.42 bits per heavy atom. The number of likely N-dealkylation sites (tertiary alicyclic amines) is 1. The fourth-order valence-corrected chi connectivity index (χ4v) is 3.67. The smallest absolute Gasteiger partial charge is 0.236 e. The van der Waals surface area contributed by atoms with Gasteiger partial charge >= 0.3 is 0 Å². The molecule has 6 heteroatoms. The van der Waals surface area contributed by atoms with E-state index in [9.17, 15) is 4.79 Å². The van der Waals surface area contributed by atoms with Gasteiger partial charge in [-0.3, -0.25) is 9.69 Å². The zero-order valence-electron chi connectivity index (χ0n) is 11.3. The molecule has 1 fully saturated rings. The molecule has 0 atom stereocenters. The molecule has 0 unspecified atom stereocenters. The number of thiazole rings is 1. The zero-order chi connectivity index (χ0) is 13.4. The number of hydrogen-bond acceptors (Lipinski definition) is 5. The minimum absolute atomic E-state index is 0.259. The third-order valence-corrected chi connectivity index (χ3v) is 4.94. The molecule has 2 aliphatic rings. The Kier molecular flexibility index (Phi) is 3.45. The lowest BCUT2D eigenvalue weighted by molar-refractivity contribution is -0.133. The van der Waals surface area contributed by atoms with Gasteiger partial charge in [0.05, 0.1) is 12.2 Å². The van der Waals surface area contributed by atoms with E-state index in [0.29, 0.717) is 11.7 Å². The minimum atomic E-state index is 0.259. The summed E-state index contributed by atoms with van der Waals surface area (Å²) in [4.78, 5) is 21.9. The Hall–Kier alpha value is -1.14. The van der Waals surface area contributed by atoms with Gasteiger partial charge in [-0.2, -0.15) is 0 Å². The highest BCUT2D eigenvalue weighted by atomic mass is 32.1. The molecule has 104 valence electrons. The van der Waals surface area contributed by atoms with Crippen LogP contribution in [0.3, 0.4) is 0 Å². The predicted molar refractivity (Wildman–Crippen MR) is 75.6 cm³/mol. The Morgan fingerprint density at radius 2 is 2.16 bits per heavy atom. The first-order valence-electron chi connectivity index (χ1n) is 6.86. The highest BCUT2D eigenvalue weighted by Gasteiger charge is 2.27. The number of carbonyl (C=O) groups is 1. The van der Waals surface area contributed by atoms with Gasteiger partial charge in [0.15, 0.2) is 5.13 Å². The van der Waals surface area contributed by atoms with Crippen LogP contribution in [0.2, 0.25) is 0 Å². The van der Waals surface area contributed by atoms with E-state index in [0.717, 1.165) is 50.6 Å². The number of anilines is 1. The highest BCUT2D eigenvalue weighted by Crippen LogP contribution is 2.29. The van der Waals surface area contributed by atoms with Crippen molar-refractivity contribution in [1.29, 1.82) is 0 Å². The van der Waals surface area contributed by atoms with Gasteiger partial charge in [0, 0.05) is 31.1 Å². The summed E-state index contributed by atoms with van der Waals surface area (Å²) >= 11 is 1.54. The van der Waals surface area contributed by atoms with Crippen molar-refractivity contribution >= 4 is 22.4 Å². The van der Waals surface area contributed by atoms with Gasteiger partial charge < -0.3 is 10.6 Å². The summed E-state index contributed by atoms with van der Waals surface area (Å²) in [6.45, 7) is 6.19. The fraction of sp³-hybridized carbons (Fsp3) is 0.692. The summed E-state index contributed by atoms with van der Waals surface area (Å²) in [5.74, 6) is 1.02. The Bertz CT molecular complexity index is 455. The van der Waals surface area contributed by atoms with Gasteiger partial charge in [-0.15, -0.1) is 11.3 Å². The maximum absolute atomic E-state index is 12.2. The lowest BCUT2D eigenvalue weighted by atomic mass is 9.99. The second-order valence-corrected chi connectivity index (χ2v) is 6.75. The summed E-state index contributed by atoms with van der Waals surface area (Å²) in [7, 11) is 0. The molecule has 1 aromatic heterocycles. The molecular formula is C13H20N4OS. The molecule has 2 aliphatic heterocycles. The average molecular weight is 280 g/mol. The number of fused-ring (bicyclic) bond motifs is 1. The standard InChI is InChI=1S/C13H20N4OS/c1-9-2-4-17(5-3-9)12(18)8-16-6-10-11(7-16)19-13(14)15-10/h9H,2-8H2,1H3,(H2,14,15). The number of nitrogens with zero attached hydrogens (tertiary/aromatic N) is 3. The average Bonchev–Trinajstić information content (AvgIpc) is 2.86. The molecule has 3 heterocycles. The van der Waals surface area contributed by atoms with E-state index in [1.54, 1.807) is 11.3 Å². The maximum Gasteiger partial charge on any atom is 0.236 e. The first-order chi connectivity index (χ1) is 9.11. The molecule has 1 amide bonds. The van der Waals surface area contributed by atoms with E-state index < -0.39 is 0 Å². The van der Waals surface area contributed by atoms with Crippen LogP contribution in [0.25, 0.3) is 0 Å². The van der Waals surface area contributed by atoms with Crippen LogP contribution in [-0.4, -0.2) is 40.3 Å². The molecule has 5 nitrogen and oxygen atoms in total. The van der Waals surface area contributed by atoms with E-state index in [1.807, 2.05) is 4.90 Å². The van der Waals surface area contributed by atoms with Gasteiger partial charge in [-0.25, -0.2) is 4.98 Å². The second kappa shape index (κ2) is 5.09. The Balaban J connectivity index is 1.53. The normalized spacial score (nSPS) is 20.8. The highest BCUT2D eigenvalue weighted by molar-refractivity contribution is 7.15. The van der Waals surface area contributed by atoms with E-state index in [4.69, 9.17) is 5.73 Å². The van der Waals surface area contributed by atoms with Crippen LogP contribution in [0.1, 0.15) is 30.3 Å². The quantitative estimate of drug-likeness (QED) is 0.887.